The van der Waals surface area contributed by atoms with Crippen molar-refractivity contribution in [1.82, 2.24) is 19.9 Å². The van der Waals surface area contributed by atoms with Gasteiger partial charge >= 0.3 is 0 Å². The molecule has 0 N–H and O–H groups in total. The van der Waals surface area contributed by atoms with E-state index in [9.17, 15) is 0 Å². The maximum absolute atomic E-state index is 5.30. The van der Waals surface area contributed by atoms with Crippen molar-refractivity contribution in [3.8, 4) is 33.8 Å². The van der Waals surface area contributed by atoms with Crippen LogP contribution < -0.4 is 0 Å². The smallest absolute Gasteiger partial charge is 0.0971 e. The lowest BCUT2D eigenvalue weighted by atomic mass is 9.95. The van der Waals surface area contributed by atoms with Crippen molar-refractivity contribution in [2.45, 2.75) is 0 Å². The monoisotopic (exact) mass is 510 g/mol. The van der Waals surface area contributed by atoms with Crippen molar-refractivity contribution in [3.05, 3.63) is 134 Å². The number of hydrogen-bond donors (Lipinski definition) is 0. The molecule has 0 atom stereocenters. The highest BCUT2D eigenvalue weighted by Crippen LogP contribution is 2.39. The first kappa shape index (κ1) is 22.5. The standard InChI is InChI=1S/C36H22N4/c1-3-10-23(11-4-1)31-20-26(21-32(39-31)24-12-5-2-6-13-24)34-33-28-18-17-25-14-9-19-37-35(25)36(28)38-22-29(33)27-15-7-8-16-30(27)40-34/h1-22H. The molecule has 0 aliphatic rings. The summed E-state index contributed by atoms with van der Waals surface area (Å²) in [6.07, 6.45) is 3.81. The van der Waals surface area contributed by atoms with Crippen LogP contribution in [0.25, 0.3) is 77.3 Å². The predicted molar refractivity (Wildman–Crippen MR) is 164 cm³/mol. The van der Waals surface area contributed by atoms with Crippen LogP contribution in [0, 0.1) is 0 Å². The number of aromatic nitrogens is 4. The van der Waals surface area contributed by atoms with Crippen molar-refractivity contribution >= 4 is 43.5 Å². The highest BCUT2D eigenvalue weighted by atomic mass is 14.8. The van der Waals surface area contributed by atoms with E-state index in [-0.39, 0.29) is 0 Å². The van der Waals surface area contributed by atoms with Crippen LogP contribution in [-0.2, 0) is 0 Å². The molecule has 8 aromatic rings. The molecule has 0 saturated heterocycles. The second kappa shape index (κ2) is 9.07. The number of fused-ring (bicyclic) bond motifs is 7. The molecular weight excluding hydrogens is 488 g/mol. The Balaban J connectivity index is 1.52. The van der Waals surface area contributed by atoms with Gasteiger partial charge in [0.25, 0.3) is 0 Å². The Hall–Kier alpha value is -5.48. The van der Waals surface area contributed by atoms with Crippen LogP contribution in [0.3, 0.4) is 0 Å². The van der Waals surface area contributed by atoms with Crippen LogP contribution >= 0.6 is 0 Å². The second-order valence-corrected chi connectivity index (χ2v) is 9.92. The quantitative estimate of drug-likeness (QED) is 0.223. The van der Waals surface area contributed by atoms with Gasteiger partial charge in [-0.3, -0.25) is 9.97 Å². The SMILES string of the molecule is c1ccc(-c2cc(-c3nc4ccccc4c4cnc5c(ccc6cccnc65)c34)cc(-c3ccccc3)n2)cc1. The number of benzene rings is 4. The van der Waals surface area contributed by atoms with Crippen LogP contribution in [0.1, 0.15) is 0 Å². The zero-order valence-corrected chi connectivity index (χ0v) is 21.5. The summed E-state index contributed by atoms with van der Waals surface area (Å²) in [6, 6.07) is 41.6. The van der Waals surface area contributed by atoms with E-state index < -0.39 is 0 Å². The summed E-state index contributed by atoms with van der Waals surface area (Å²) in [5.41, 5.74) is 8.57. The minimum absolute atomic E-state index is 0.879. The van der Waals surface area contributed by atoms with Crippen LogP contribution in [0.2, 0.25) is 0 Å². The van der Waals surface area contributed by atoms with Gasteiger partial charge in [0.2, 0.25) is 0 Å². The lowest BCUT2D eigenvalue weighted by Gasteiger charge is -2.15. The Morgan fingerprint density at radius 1 is 0.450 bits per heavy atom. The van der Waals surface area contributed by atoms with Gasteiger partial charge in [-0.2, -0.15) is 0 Å². The van der Waals surface area contributed by atoms with Crippen LogP contribution in [-0.4, -0.2) is 19.9 Å². The molecule has 4 aromatic carbocycles. The van der Waals surface area contributed by atoms with E-state index in [2.05, 4.69) is 72.8 Å². The largest absolute Gasteiger partial charge is 0.254 e. The highest BCUT2D eigenvalue weighted by Gasteiger charge is 2.18. The Labute approximate surface area is 230 Å². The molecule has 0 aliphatic heterocycles. The predicted octanol–water partition coefficient (Wildman–Crippen LogP) is 8.88. The normalized spacial score (nSPS) is 11.5. The lowest BCUT2D eigenvalue weighted by Crippen LogP contribution is -1.96. The molecule has 0 bridgehead atoms. The van der Waals surface area contributed by atoms with E-state index in [1.807, 2.05) is 60.9 Å². The third-order valence-electron chi connectivity index (χ3n) is 7.51. The molecule has 0 saturated carbocycles. The van der Waals surface area contributed by atoms with Crippen molar-refractivity contribution in [2.24, 2.45) is 0 Å². The van der Waals surface area contributed by atoms with Crippen molar-refractivity contribution in [2.75, 3.05) is 0 Å². The van der Waals surface area contributed by atoms with Gasteiger partial charge in [0.1, 0.15) is 0 Å². The van der Waals surface area contributed by atoms with Gasteiger partial charge in [0.05, 0.1) is 33.6 Å². The third-order valence-corrected chi connectivity index (χ3v) is 7.51. The summed E-state index contributed by atoms with van der Waals surface area (Å²) in [7, 11) is 0. The Bertz CT molecular complexity index is 2150. The molecule has 0 spiro atoms. The van der Waals surface area contributed by atoms with E-state index in [1.165, 1.54) is 0 Å². The summed E-state index contributed by atoms with van der Waals surface area (Å²) in [5, 5.41) is 5.33. The van der Waals surface area contributed by atoms with Gasteiger partial charge in [0.15, 0.2) is 0 Å². The van der Waals surface area contributed by atoms with Crippen LogP contribution in [0.4, 0.5) is 0 Å². The molecule has 0 radical (unpaired) electrons. The van der Waals surface area contributed by atoms with E-state index in [1.54, 1.807) is 0 Å². The number of rotatable bonds is 3. The van der Waals surface area contributed by atoms with E-state index in [0.717, 1.165) is 77.3 Å². The molecule has 40 heavy (non-hydrogen) atoms. The van der Waals surface area contributed by atoms with Gasteiger partial charge in [-0.15, -0.1) is 0 Å². The Kier molecular flexibility index (Phi) is 5.10. The summed E-state index contributed by atoms with van der Waals surface area (Å²) in [4.78, 5) is 20.0. The number of pyridine rings is 4. The summed E-state index contributed by atoms with van der Waals surface area (Å²) in [6.45, 7) is 0. The van der Waals surface area contributed by atoms with Crippen molar-refractivity contribution < 1.29 is 0 Å². The molecule has 4 heterocycles. The summed E-state index contributed by atoms with van der Waals surface area (Å²) < 4.78 is 0. The average Bonchev–Trinajstić information content (AvgIpc) is 3.04. The zero-order chi connectivity index (χ0) is 26.5. The highest BCUT2D eigenvalue weighted by molar-refractivity contribution is 6.23. The minimum atomic E-state index is 0.879. The second-order valence-electron chi connectivity index (χ2n) is 9.92. The van der Waals surface area contributed by atoms with Gasteiger partial charge in [0, 0.05) is 56.0 Å². The van der Waals surface area contributed by atoms with E-state index in [4.69, 9.17) is 19.9 Å². The zero-order valence-electron chi connectivity index (χ0n) is 21.5. The lowest BCUT2D eigenvalue weighted by molar-refractivity contribution is 1.31. The molecule has 186 valence electrons. The molecule has 8 rings (SSSR count). The number of para-hydroxylation sites is 1. The molecule has 0 unspecified atom stereocenters. The molecule has 4 heteroatoms. The van der Waals surface area contributed by atoms with E-state index in [0.29, 0.717) is 0 Å². The first-order valence-electron chi connectivity index (χ1n) is 13.3. The van der Waals surface area contributed by atoms with Gasteiger partial charge < -0.3 is 0 Å². The fourth-order valence-corrected chi connectivity index (χ4v) is 5.63. The van der Waals surface area contributed by atoms with Gasteiger partial charge in [-0.1, -0.05) is 97.1 Å². The maximum atomic E-state index is 5.30. The molecule has 0 amide bonds. The fourth-order valence-electron chi connectivity index (χ4n) is 5.63. The average molecular weight is 511 g/mol. The molecule has 4 aromatic heterocycles. The topological polar surface area (TPSA) is 51.6 Å². The van der Waals surface area contributed by atoms with Gasteiger partial charge in [-0.05, 0) is 24.3 Å². The Morgan fingerprint density at radius 3 is 1.90 bits per heavy atom. The molecule has 0 fully saturated rings. The number of hydrogen-bond acceptors (Lipinski definition) is 4. The van der Waals surface area contributed by atoms with Crippen LogP contribution in [0.5, 0.6) is 0 Å². The maximum Gasteiger partial charge on any atom is 0.0971 e. The third kappa shape index (κ3) is 3.62. The first-order valence-corrected chi connectivity index (χ1v) is 13.3. The van der Waals surface area contributed by atoms with Crippen LogP contribution in [0.15, 0.2) is 134 Å². The first-order chi connectivity index (χ1) is 19.8. The number of nitrogens with zero attached hydrogens (tertiary/aromatic N) is 4. The fraction of sp³-hybridized carbons (Fsp3) is 0. The molecule has 4 nitrogen and oxygen atoms in total. The van der Waals surface area contributed by atoms with E-state index >= 15 is 0 Å². The minimum Gasteiger partial charge on any atom is -0.254 e. The van der Waals surface area contributed by atoms with Crippen molar-refractivity contribution in [3.63, 3.8) is 0 Å². The molecule has 0 aliphatic carbocycles. The summed E-state index contributed by atoms with van der Waals surface area (Å²) >= 11 is 0. The molecular formula is C36H22N4. The Morgan fingerprint density at radius 2 is 1.15 bits per heavy atom. The summed E-state index contributed by atoms with van der Waals surface area (Å²) in [5.74, 6) is 0. The van der Waals surface area contributed by atoms with Gasteiger partial charge in [-0.25, -0.2) is 9.97 Å². The van der Waals surface area contributed by atoms with Crippen molar-refractivity contribution in [1.29, 1.82) is 0 Å².